The van der Waals surface area contributed by atoms with Crippen LogP contribution in [0.25, 0.3) is 0 Å². The van der Waals surface area contributed by atoms with Gasteiger partial charge in [-0.25, -0.2) is 0 Å². The smallest absolute Gasteiger partial charge is 0.317 e. The van der Waals surface area contributed by atoms with Crippen LogP contribution in [0.3, 0.4) is 0 Å². The Morgan fingerprint density at radius 1 is 1.64 bits per heavy atom. The van der Waals surface area contributed by atoms with Gasteiger partial charge in [0.15, 0.2) is 0 Å². The minimum absolute atomic E-state index is 0.243. The van der Waals surface area contributed by atoms with Crippen molar-refractivity contribution in [1.29, 1.82) is 0 Å². The third-order valence-corrected chi connectivity index (χ3v) is 2.96. The fourth-order valence-electron chi connectivity index (χ4n) is 2.10. The van der Waals surface area contributed by atoms with E-state index >= 15 is 0 Å². The van der Waals surface area contributed by atoms with Crippen molar-refractivity contribution < 1.29 is 14.7 Å². The Bertz CT molecular complexity index is 250. The standard InChI is InChI=1S/C10H17NO3/c1-3-10(9(12)14-4-2)7-5-6-8(10)11-13/h13H,3-7H2,1-2H3/t10-/m0/s1. The number of nitrogens with zero attached hydrogens (tertiary/aromatic N) is 1. The fraction of sp³-hybridized carbons (Fsp3) is 0.800. The summed E-state index contributed by atoms with van der Waals surface area (Å²) in [6, 6.07) is 0. The van der Waals surface area contributed by atoms with Crippen molar-refractivity contribution in [2.75, 3.05) is 6.61 Å². The fourth-order valence-corrected chi connectivity index (χ4v) is 2.10. The summed E-state index contributed by atoms with van der Waals surface area (Å²) in [6.45, 7) is 4.08. The van der Waals surface area contributed by atoms with Crippen LogP contribution in [0.1, 0.15) is 39.5 Å². The van der Waals surface area contributed by atoms with E-state index in [1.165, 1.54) is 0 Å². The number of ether oxygens (including phenoxy) is 1. The van der Waals surface area contributed by atoms with Crippen LogP contribution in [0.5, 0.6) is 0 Å². The quantitative estimate of drug-likeness (QED) is 0.429. The van der Waals surface area contributed by atoms with Crippen molar-refractivity contribution in [2.45, 2.75) is 39.5 Å². The average Bonchev–Trinajstić information content (AvgIpc) is 2.61. The number of carbonyl (C=O) groups excluding carboxylic acids is 1. The highest BCUT2D eigenvalue weighted by molar-refractivity contribution is 6.07. The van der Waals surface area contributed by atoms with Crippen LogP contribution in [0.15, 0.2) is 5.16 Å². The molecule has 0 aromatic carbocycles. The van der Waals surface area contributed by atoms with E-state index in [2.05, 4.69) is 5.16 Å². The number of rotatable bonds is 3. The zero-order valence-corrected chi connectivity index (χ0v) is 8.75. The topological polar surface area (TPSA) is 58.9 Å². The van der Waals surface area contributed by atoms with Gasteiger partial charge >= 0.3 is 5.97 Å². The van der Waals surface area contributed by atoms with Gasteiger partial charge in [0.25, 0.3) is 0 Å². The van der Waals surface area contributed by atoms with E-state index in [1.807, 2.05) is 6.92 Å². The van der Waals surface area contributed by atoms with Crippen LogP contribution in [-0.2, 0) is 9.53 Å². The molecule has 4 heteroatoms. The molecule has 0 saturated heterocycles. The van der Waals surface area contributed by atoms with Gasteiger partial charge in [0.2, 0.25) is 0 Å². The Morgan fingerprint density at radius 2 is 2.36 bits per heavy atom. The monoisotopic (exact) mass is 199 g/mol. The molecule has 80 valence electrons. The molecule has 0 unspecified atom stereocenters. The van der Waals surface area contributed by atoms with Gasteiger partial charge in [-0.05, 0) is 32.6 Å². The molecule has 4 nitrogen and oxygen atoms in total. The van der Waals surface area contributed by atoms with E-state index in [1.54, 1.807) is 6.92 Å². The van der Waals surface area contributed by atoms with Gasteiger partial charge in [0, 0.05) is 0 Å². The van der Waals surface area contributed by atoms with E-state index in [9.17, 15) is 4.79 Å². The van der Waals surface area contributed by atoms with Gasteiger partial charge < -0.3 is 9.94 Å². The number of esters is 1. The summed E-state index contributed by atoms with van der Waals surface area (Å²) >= 11 is 0. The summed E-state index contributed by atoms with van der Waals surface area (Å²) in [4.78, 5) is 11.8. The molecule has 1 aliphatic carbocycles. The highest BCUT2D eigenvalue weighted by atomic mass is 16.5. The van der Waals surface area contributed by atoms with Crippen LogP contribution >= 0.6 is 0 Å². The van der Waals surface area contributed by atoms with Crippen molar-refractivity contribution in [3.63, 3.8) is 0 Å². The molecule has 0 spiro atoms. The summed E-state index contributed by atoms with van der Waals surface area (Å²) < 4.78 is 5.02. The maximum absolute atomic E-state index is 11.8. The summed E-state index contributed by atoms with van der Waals surface area (Å²) in [5, 5.41) is 12.1. The molecule has 0 aliphatic heterocycles. The highest BCUT2D eigenvalue weighted by Gasteiger charge is 2.46. The molecule has 1 aliphatic rings. The second kappa shape index (κ2) is 4.44. The molecule has 1 N–H and O–H groups in total. The first-order valence-electron chi connectivity index (χ1n) is 5.10. The molecule has 1 saturated carbocycles. The third kappa shape index (κ3) is 1.61. The second-order valence-electron chi connectivity index (χ2n) is 3.56. The number of carbonyl (C=O) groups is 1. The first-order valence-corrected chi connectivity index (χ1v) is 5.10. The lowest BCUT2D eigenvalue weighted by Crippen LogP contribution is -2.36. The Morgan fingerprint density at radius 3 is 2.86 bits per heavy atom. The van der Waals surface area contributed by atoms with E-state index < -0.39 is 5.41 Å². The molecule has 0 heterocycles. The number of hydrogen-bond donors (Lipinski definition) is 1. The van der Waals surface area contributed by atoms with Crippen LogP contribution in [0.2, 0.25) is 0 Å². The van der Waals surface area contributed by atoms with Crippen LogP contribution < -0.4 is 0 Å². The van der Waals surface area contributed by atoms with Crippen molar-refractivity contribution in [1.82, 2.24) is 0 Å². The molecule has 1 rings (SSSR count). The summed E-state index contributed by atoms with van der Waals surface area (Å²) in [5.74, 6) is -0.243. The van der Waals surface area contributed by atoms with Gasteiger partial charge in [0.1, 0.15) is 5.41 Å². The molecule has 0 bridgehead atoms. The van der Waals surface area contributed by atoms with E-state index in [0.29, 0.717) is 25.2 Å². The summed E-state index contributed by atoms with van der Waals surface area (Å²) in [6.07, 6.45) is 2.97. The normalized spacial score (nSPS) is 29.4. The maximum atomic E-state index is 11.8. The first kappa shape index (κ1) is 11.0. The Labute approximate surface area is 83.9 Å². The van der Waals surface area contributed by atoms with Crippen molar-refractivity contribution in [3.8, 4) is 0 Å². The molecular weight excluding hydrogens is 182 g/mol. The lowest BCUT2D eigenvalue weighted by Gasteiger charge is -2.24. The molecular formula is C10H17NO3. The SMILES string of the molecule is CCOC(=O)[C@@]1(CC)CCCC1=NO. The minimum atomic E-state index is -0.648. The molecule has 1 atom stereocenters. The zero-order valence-electron chi connectivity index (χ0n) is 8.75. The van der Waals surface area contributed by atoms with Crippen LogP contribution in [0.4, 0.5) is 0 Å². The summed E-state index contributed by atoms with van der Waals surface area (Å²) in [5.41, 5.74) is -0.0662. The predicted octanol–water partition coefficient (Wildman–Crippen LogP) is 1.96. The van der Waals surface area contributed by atoms with Crippen LogP contribution in [-0.4, -0.2) is 23.5 Å². The van der Waals surface area contributed by atoms with Gasteiger partial charge in [0.05, 0.1) is 12.3 Å². The highest BCUT2D eigenvalue weighted by Crippen LogP contribution is 2.39. The average molecular weight is 199 g/mol. The molecule has 0 amide bonds. The minimum Gasteiger partial charge on any atom is -0.465 e. The maximum Gasteiger partial charge on any atom is 0.317 e. The van der Waals surface area contributed by atoms with Gasteiger partial charge in [-0.15, -0.1) is 0 Å². The molecule has 0 aromatic rings. The Balaban J connectivity index is 2.90. The Kier molecular flexibility index (Phi) is 3.49. The predicted molar refractivity (Wildman–Crippen MR) is 52.4 cm³/mol. The zero-order chi connectivity index (χ0) is 10.6. The van der Waals surface area contributed by atoms with E-state index in [-0.39, 0.29) is 5.97 Å². The van der Waals surface area contributed by atoms with Gasteiger partial charge in [-0.1, -0.05) is 12.1 Å². The van der Waals surface area contributed by atoms with Crippen LogP contribution in [0, 0.1) is 5.41 Å². The molecule has 0 radical (unpaired) electrons. The Hall–Kier alpha value is -1.06. The molecule has 1 fully saturated rings. The molecule has 14 heavy (non-hydrogen) atoms. The number of oxime groups is 1. The van der Waals surface area contributed by atoms with Gasteiger partial charge in [-0.3, -0.25) is 4.79 Å². The van der Waals surface area contributed by atoms with Crippen molar-refractivity contribution in [3.05, 3.63) is 0 Å². The van der Waals surface area contributed by atoms with Gasteiger partial charge in [-0.2, -0.15) is 0 Å². The van der Waals surface area contributed by atoms with E-state index in [4.69, 9.17) is 9.94 Å². The molecule has 0 aromatic heterocycles. The summed E-state index contributed by atoms with van der Waals surface area (Å²) in [7, 11) is 0. The van der Waals surface area contributed by atoms with Crippen molar-refractivity contribution >= 4 is 11.7 Å². The third-order valence-electron chi connectivity index (χ3n) is 2.96. The largest absolute Gasteiger partial charge is 0.465 e. The number of hydrogen-bond acceptors (Lipinski definition) is 4. The lowest BCUT2D eigenvalue weighted by atomic mass is 9.82. The van der Waals surface area contributed by atoms with Crippen molar-refractivity contribution in [2.24, 2.45) is 10.6 Å². The lowest BCUT2D eigenvalue weighted by molar-refractivity contribution is -0.151. The first-order chi connectivity index (χ1) is 6.71. The second-order valence-corrected chi connectivity index (χ2v) is 3.56. The van der Waals surface area contributed by atoms with E-state index in [0.717, 1.165) is 12.8 Å².